The Morgan fingerprint density at radius 3 is 2.27 bits per heavy atom. The van der Waals surface area contributed by atoms with Gasteiger partial charge >= 0.3 is 0 Å². The summed E-state index contributed by atoms with van der Waals surface area (Å²) in [6.07, 6.45) is 4.68. The SMILES string of the molecule is Cc1cc(Cl)ccc1CC1(C#N)CCc2ccccc2CC1. The van der Waals surface area contributed by atoms with Gasteiger partial charge in [0.1, 0.15) is 0 Å². The number of halogens is 1. The molecule has 0 aliphatic heterocycles. The first-order chi connectivity index (χ1) is 10.6. The van der Waals surface area contributed by atoms with Crippen LogP contribution < -0.4 is 0 Å². The average Bonchev–Trinajstić information content (AvgIpc) is 2.71. The van der Waals surface area contributed by atoms with Gasteiger partial charge in [0.2, 0.25) is 0 Å². The first-order valence-corrected chi connectivity index (χ1v) is 8.23. The molecule has 112 valence electrons. The van der Waals surface area contributed by atoms with Crippen molar-refractivity contribution in [3.05, 3.63) is 69.7 Å². The first-order valence-electron chi connectivity index (χ1n) is 7.85. The standard InChI is InChI=1S/C20H20ClN/c1-15-12-19(21)7-6-18(15)13-20(14-22)10-8-16-4-2-3-5-17(16)9-11-20/h2-7,12H,8-11,13H2,1H3. The zero-order valence-electron chi connectivity index (χ0n) is 12.9. The summed E-state index contributed by atoms with van der Waals surface area (Å²) >= 11 is 6.05. The molecule has 0 spiro atoms. The van der Waals surface area contributed by atoms with Crippen LogP contribution in [-0.4, -0.2) is 0 Å². The monoisotopic (exact) mass is 309 g/mol. The van der Waals surface area contributed by atoms with E-state index in [0.717, 1.165) is 37.1 Å². The van der Waals surface area contributed by atoms with E-state index in [0.29, 0.717) is 0 Å². The maximum absolute atomic E-state index is 9.88. The molecular weight excluding hydrogens is 290 g/mol. The summed E-state index contributed by atoms with van der Waals surface area (Å²) in [5, 5.41) is 10.6. The summed E-state index contributed by atoms with van der Waals surface area (Å²) in [5.41, 5.74) is 4.98. The van der Waals surface area contributed by atoms with Crippen molar-refractivity contribution in [1.29, 1.82) is 5.26 Å². The number of benzene rings is 2. The number of hydrogen-bond acceptors (Lipinski definition) is 1. The molecule has 2 aromatic carbocycles. The molecule has 0 radical (unpaired) electrons. The average molecular weight is 310 g/mol. The summed E-state index contributed by atoms with van der Waals surface area (Å²) in [7, 11) is 0. The minimum absolute atomic E-state index is 0.266. The predicted molar refractivity (Wildman–Crippen MR) is 91.0 cm³/mol. The van der Waals surface area contributed by atoms with E-state index >= 15 is 0 Å². The Labute approximate surface area is 137 Å². The Morgan fingerprint density at radius 2 is 1.73 bits per heavy atom. The maximum atomic E-state index is 9.88. The van der Waals surface area contributed by atoms with Crippen LogP contribution in [0.2, 0.25) is 5.02 Å². The summed E-state index contributed by atoms with van der Waals surface area (Å²) in [6, 6.07) is 17.3. The fourth-order valence-corrected chi connectivity index (χ4v) is 3.70. The third-order valence-corrected chi connectivity index (χ3v) is 5.17. The van der Waals surface area contributed by atoms with Gasteiger partial charge in [-0.1, -0.05) is 41.9 Å². The number of fused-ring (bicyclic) bond motifs is 1. The van der Waals surface area contributed by atoms with Crippen LogP contribution in [0.15, 0.2) is 42.5 Å². The lowest BCUT2D eigenvalue weighted by atomic mass is 9.75. The van der Waals surface area contributed by atoms with Gasteiger partial charge in [0, 0.05) is 5.02 Å². The minimum Gasteiger partial charge on any atom is -0.198 e. The van der Waals surface area contributed by atoms with E-state index in [1.54, 1.807) is 0 Å². The number of nitrogens with zero attached hydrogens (tertiary/aromatic N) is 1. The van der Waals surface area contributed by atoms with Crippen molar-refractivity contribution < 1.29 is 0 Å². The highest BCUT2D eigenvalue weighted by atomic mass is 35.5. The van der Waals surface area contributed by atoms with Crippen LogP contribution >= 0.6 is 11.6 Å². The molecule has 0 saturated heterocycles. The highest BCUT2D eigenvalue weighted by molar-refractivity contribution is 6.30. The molecule has 0 fully saturated rings. The number of rotatable bonds is 2. The van der Waals surface area contributed by atoms with Gasteiger partial charge in [-0.3, -0.25) is 0 Å². The van der Waals surface area contributed by atoms with Crippen molar-refractivity contribution in [3.63, 3.8) is 0 Å². The maximum Gasteiger partial charge on any atom is 0.0693 e. The third-order valence-electron chi connectivity index (χ3n) is 4.93. The van der Waals surface area contributed by atoms with Gasteiger partial charge in [0.15, 0.2) is 0 Å². The largest absolute Gasteiger partial charge is 0.198 e. The zero-order valence-corrected chi connectivity index (χ0v) is 13.7. The quantitative estimate of drug-likeness (QED) is 0.692. The first kappa shape index (κ1) is 15.1. The number of hydrogen-bond donors (Lipinski definition) is 0. The molecule has 1 aliphatic carbocycles. The fourth-order valence-electron chi connectivity index (χ4n) is 3.47. The second-order valence-corrected chi connectivity index (χ2v) is 6.84. The molecule has 2 heteroatoms. The van der Waals surface area contributed by atoms with Crippen LogP contribution in [0.1, 0.15) is 35.1 Å². The fraction of sp³-hybridized carbons (Fsp3) is 0.350. The van der Waals surface area contributed by atoms with E-state index in [1.165, 1.54) is 22.3 Å². The Kier molecular flexibility index (Phi) is 4.23. The van der Waals surface area contributed by atoms with Gasteiger partial charge in [0.05, 0.1) is 11.5 Å². The van der Waals surface area contributed by atoms with Crippen molar-refractivity contribution in [2.24, 2.45) is 5.41 Å². The molecule has 0 aromatic heterocycles. The predicted octanol–water partition coefficient (Wildman–Crippen LogP) is 5.28. The van der Waals surface area contributed by atoms with E-state index in [1.807, 2.05) is 12.1 Å². The van der Waals surface area contributed by atoms with Gasteiger partial charge in [-0.15, -0.1) is 0 Å². The third kappa shape index (κ3) is 3.03. The molecular formula is C20H20ClN. The topological polar surface area (TPSA) is 23.8 Å². The van der Waals surface area contributed by atoms with Crippen molar-refractivity contribution in [2.75, 3.05) is 0 Å². The molecule has 1 nitrogen and oxygen atoms in total. The lowest BCUT2D eigenvalue weighted by Gasteiger charge is -2.25. The van der Waals surface area contributed by atoms with Gasteiger partial charge in [-0.25, -0.2) is 0 Å². The van der Waals surface area contributed by atoms with Gasteiger partial charge < -0.3 is 0 Å². The summed E-state index contributed by atoms with van der Waals surface area (Å²) in [4.78, 5) is 0. The Hall–Kier alpha value is -1.78. The molecule has 3 rings (SSSR count). The Balaban J connectivity index is 1.86. The molecule has 22 heavy (non-hydrogen) atoms. The molecule has 0 unspecified atom stereocenters. The Bertz CT molecular complexity index is 700. The Morgan fingerprint density at radius 1 is 1.09 bits per heavy atom. The molecule has 0 saturated carbocycles. The molecule has 1 aliphatic rings. The molecule has 0 amide bonds. The number of nitriles is 1. The molecule has 0 heterocycles. The smallest absolute Gasteiger partial charge is 0.0693 e. The lowest BCUT2D eigenvalue weighted by Crippen LogP contribution is -2.22. The highest BCUT2D eigenvalue weighted by Gasteiger charge is 2.32. The summed E-state index contributed by atoms with van der Waals surface area (Å²) in [6.45, 7) is 2.08. The van der Waals surface area contributed by atoms with E-state index < -0.39 is 0 Å². The van der Waals surface area contributed by atoms with E-state index in [9.17, 15) is 5.26 Å². The lowest BCUT2D eigenvalue weighted by molar-refractivity contribution is 0.341. The zero-order chi connectivity index (χ0) is 15.6. The minimum atomic E-state index is -0.266. The highest BCUT2D eigenvalue weighted by Crippen LogP contribution is 2.38. The van der Waals surface area contributed by atoms with Crippen LogP contribution in [-0.2, 0) is 19.3 Å². The van der Waals surface area contributed by atoms with Gasteiger partial charge in [0.25, 0.3) is 0 Å². The van der Waals surface area contributed by atoms with Crippen LogP contribution in [0.4, 0.5) is 0 Å². The summed E-state index contributed by atoms with van der Waals surface area (Å²) in [5.74, 6) is 0. The van der Waals surface area contributed by atoms with Crippen LogP contribution in [0, 0.1) is 23.7 Å². The van der Waals surface area contributed by atoms with Crippen LogP contribution in [0.25, 0.3) is 0 Å². The molecule has 0 atom stereocenters. The molecule has 0 bridgehead atoms. The van der Waals surface area contributed by atoms with Crippen molar-refractivity contribution >= 4 is 11.6 Å². The van der Waals surface area contributed by atoms with Crippen molar-refractivity contribution in [2.45, 2.75) is 39.0 Å². The molecule has 0 N–H and O–H groups in total. The van der Waals surface area contributed by atoms with Crippen molar-refractivity contribution in [3.8, 4) is 6.07 Å². The normalized spacial score (nSPS) is 16.4. The van der Waals surface area contributed by atoms with Gasteiger partial charge in [-0.2, -0.15) is 5.26 Å². The van der Waals surface area contributed by atoms with E-state index in [2.05, 4.69) is 43.3 Å². The summed E-state index contributed by atoms with van der Waals surface area (Å²) < 4.78 is 0. The van der Waals surface area contributed by atoms with Crippen LogP contribution in [0.3, 0.4) is 0 Å². The van der Waals surface area contributed by atoms with Crippen LogP contribution in [0.5, 0.6) is 0 Å². The molecule has 2 aromatic rings. The number of aryl methyl sites for hydroxylation is 3. The van der Waals surface area contributed by atoms with E-state index in [4.69, 9.17) is 11.6 Å². The van der Waals surface area contributed by atoms with Gasteiger partial charge in [-0.05, 0) is 73.4 Å². The van der Waals surface area contributed by atoms with Crippen molar-refractivity contribution in [1.82, 2.24) is 0 Å². The second kappa shape index (κ2) is 6.15. The second-order valence-electron chi connectivity index (χ2n) is 6.41. The van der Waals surface area contributed by atoms with E-state index in [-0.39, 0.29) is 5.41 Å².